The zero-order valence-electron chi connectivity index (χ0n) is 16.4. The molecule has 0 bridgehead atoms. The number of carbonyl (C=O) groups excluding carboxylic acids is 1. The summed E-state index contributed by atoms with van der Waals surface area (Å²) in [5, 5.41) is 14.6. The van der Waals surface area contributed by atoms with Crippen LogP contribution in [-0.2, 0) is 4.79 Å². The number of rotatable bonds is 6. The van der Waals surface area contributed by atoms with E-state index in [1.807, 2.05) is 18.2 Å². The van der Waals surface area contributed by atoms with Gasteiger partial charge >= 0.3 is 0 Å². The molecule has 1 saturated heterocycles. The molecule has 0 atom stereocenters. The van der Waals surface area contributed by atoms with Gasteiger partial charge in [0, 0.05) is 10.7 Å². The van der Waals surface area contributed by atoms with Crippen LogP contribution in [0.1, 0.15) is 5.56 Å². The molecule has 1 aliphatic heterocycles. The first-order chi connectivity index (χ1) is 13.9. The summed E-state index contributed by atoms with van der Waals surface area (Å²) in [6.45, 7) is 5.53. The van der Waals surface area contributed by atoms with E-state index >= 15 is 0 Å². The second kappa shape index (κ2) is 9.11. The molecule has 8 nitrogen and oxygen atoms in total. The number of nitrogens with zero attached hydrogens (tertiary/aromatic N) is 2. The molecule has 0 unspecified atom stereocenters. The van der Waals surface area contributed by atoms with Gasteiger partial charge in [-0.1, -0.05) is 17.7 Å². The summed E-state index contributed by atoms with van der Waals surface area (Å²) in [5.74, 6) is 0.119. The number of carbonyl (C=O) groups is 1. The number of nitro groups is 1. The van der Waals surface area contributed by atoms with E-state index in [2.05, 4.69) is 17.1 Å². The molecule has 1 aliphatic rings. The van der Waals surface area contributed by atoms with Gasteiger partial charge in [-0.05, 0) is 36.8 Å². The maximum Gasteiger partial charge on any atom is 0.296 e. The molecule has 29 heavy (non-hydrogen) atoms. The summed E-state index contributed by atoms with van der Waals surface area (Å²) in [5.41, 5.74) is 2.28. The van der Waals surface area contributed by atoms with Crippen LogP contribution >= 0.6 is 11.6 Å². The van der Waals surface area contributed by atoms with Crippen molar-refractivity contribution in [2.45, 2.75) is 6.92 Å². The van der Waals surface area contributed by atoms with Crippen molar-refractivity contribution in [3.05, 3.63) is 57.1 Å². The third kappa shape index (κ3) is 5.16. The summed E-state index contributed by atoms with van der Waals surface area (Å²) in [6, 6.07) is 10.2. The minimum atomic E-state index is -0.531. The number of aryl methyl sites for hydroxylation is 1. The molecule has 0 radical (unpaired) electrons. The highest BCUT2D eigenvalue weighted by Gasteiger charge is 2.25. The Labute approximate surface area is 174 Å². The number of hydrogen-bond acceptors (Lipinski definition) is 5. The molecular weight excluding hydrogens is 396 g/mol. The lowest BCUT2D eigenvalue weighted by atomic mass is 10.1. The monoisotopic (exact) mass is 419 g/mol. The molecule has 9 heteroatoms. The smallest absolute Gasteiger partial charge is 0.296 e. The Hall–Kier alpha value is -2.84. The first kappa shape index (κ1) is 20.9. The van der Waals surface area contributed by atoms with Gasteiger partial charge in [-0.15, -0.1) is 0 Å². The first-order valence-electron chi connectivity index (χ1n) is 9.34. The SMILES string of the molecule is COc1ccc(NC(=O)C[NH+]2CCN(c3cc(Cl)ccc3C)CC2)c([N+](=O)[O-])c1. The average molecular weight is 420 g/mol. The van der Waals surface area contributed by atoms with E-state index in [0.717, 1.165) is 36.8 Å². The largest absolute Gasteiger partial charge is 0.496 e. The number of methoxy groups -OCH3 is 1. The Kier molecular flexibility index (Phi) is 6.56. The fourth-order valence-electron chi connectivity index (χ4n) is 3.48. The summed E-state index contributed by atoms with van der Waals surface area (Å²) in [6.07, 6.45) is 0. The topological polar surface area (TPSA) is 89.2 Å². The number of hydrogen-bond donors (Lipinski definition) is 2. The summed E-state index contributed by atoms with van der Waals surface area (Å²) >= 11 is 6.12. The quantitative estimate of drug-likeness (QED) is 0.551. The van der Waals surface area contributed by atoms with Crippen molar-refractivity contribution < 1.29 is 19.4 Å². The highest BCUT2D eigenvalue weighted by Crippen LogP contribution is 2.28. The van der Waals surface area contributed by atoms with E-state index in [9.17, 15) is 14.9 Å². The molecule has 3 rings (SSSR count). The van der Waals surface area contributed by atoms with Crippen LogP contribution in [0.3, 0.4) is 0 Å². The number of ether oxygens (including phenoxy) is 1. The molecule has 154 valence electrons. The molecule has 2 aromatic carbocycles. The summed E-state index contributed by atoms with van der Waals surface area (Å²) in [7, 11) is 1.44. The van der Waals surface area contributed by atoms with Gasteiger partial charge in [-0.25, -0.2) is 0 Å². The number of benzene rings is 2. The first-order valence-corrected chi connectivity index (χ1v) is 9.72. The normalized spacial score (nSPS) is 14.5. The maximum absolute atomic E-state index is 12.4. The van der Waals surface area contributed by atoms with Crippen LogP contribution in [0.4, 0.5) is 17.1 Å². The Morgan fingerprint density at radius 1 is 1.28 bits per heavy atom. The minimum Gasteiger partial charge on any atom is -0.496 e. The predicted octanol–water partition coefficient (Wildman–Crippen LogP) is 1.91. The summed E-state index contributed by atoms with van der Waals surface area (Å²) < 4.78 is 5.01. The molecule has 0 aliphatic carbocycles. The average Bonchev–Trinajstić information content (AvgIpc) is 2.70. The van der Waals surface area contributed by atoms with Crippen molar-refractivity contribution in [3.8, 4) is 5.75 Å². The predicted molar refractivity (Wildman–Crippen MR) is 112 cm³/mol. The van der Waals surface area contributed by atoms with Crippen LogP contribution in [0.15, 0.2) is 36.4 Å². The van der Waals surface area contributed by atoms with Crippen LogP contribution in [0.25, 0.3) is 0 Å². The van der Waals surface area contributed by atoms with Crippen LogP contribution in [0, 0.1) is 17.0 Å². The Bertz CT molecular complexity index is 913. The van der Waals surface area contributed by atoms with Crippen molar-refractivity contribution in [2.75, 3.05) is 50.1 Å². The van der Waals surface area contributed by atoms with E-state index in [1.165, 1.54) is 24.8 Å². The molecule has 1 fully saturated rings. The lowest BCUT2D eigenvalue weighted by Gasteiger charge is -2.34. The fraction of sp³-hybridized carbons (Fsp3) is 0.350. The van der Waals surface area contributed by atoms with Crippen molar-refractivity contribution >= 4 is 34.6 Å². The second-order valence-corrected chi connectivity index (χ2v) is 7.47. The van der Waals surface area contributed by atoms with Gasteiger partial charge in [0.2, 0.25) is 0 Å². The third-order valence-electron chi connectivity index (χ3n) is 5.07. The molecule has 0 aromatic heterocycles. The van der Waals surface area contributed by atoms with E-state index < -0.39 is 4.92 Å². The van der Waals surface area contributed by atoms with E-state index in [-0.39, 0.29) is 23.8 Å². The zero-order chi connectivity index (χ0) is 21.0. The molecule has 2 aromatic rings. The molecular formula is C20H24ClN4O4+. The van der Waals surface area contributed by atoms with E-state index in [1.54, 1.807) is 6.07 Å². The lowest BCUT2D eigenvalue weighted by Crippen LogP contribution is -3.15. The number of quaternary nitrogens is 1. The van der Waals surface area contributed by atoms with E-state index in [4.69, 9.17) is 16.3 Å². The van der Waals surface area contributed by atoms with Gasteiger partial charge in [-0.3, -0.25) is 14.9 Å². The Morgan fingerprint density at radius 2 is 2.00 bits per heavy atom. The standard InChI is InChI=1S/C20H23ClN4O4/c1-14-3-4-15(21)11-18(14)24-9-7-23(8-10-24)13-20(26)22-17-6-5-16(29-2)12-19(17)25(27)28/h3-6,11-12H,7-10,13H2,1-2H3,(H,22,26)/p+1. The fourth-order valence-corrected chi connectivity index (χ4v) is 3.65. The van der Waals surface area contributed by atoms with Crippen LogP contribution in [-0.4, -0.2) is 50.7 Å². The zero-order valence-corrected chi connectivity index (χ0v) is 17.2. The summed E-state index contributed by atoms with van der Waals surface area (Å²) in [4.78, 5) is 26.6. The second-order valence-electron chi connectivity index (χ2n) is 7.03. The van der Waals surface area contributed by atoms with Gasteiger partial charge < -0.3 is 19.9 Å². The minimum absolute atomic E-state index is 0.174. The Balaban J connectivity index is 1.58. The van der Waals surface area contributed by atoms with Gasteiger partial charge in [-0.2, -0.15) is 0 Å². The van der Waals surface area contributed by atoms with Crippen LogP contribution in [0.5, 0.6) is 5.75 Å². The van der Waals surface area contributed by atoms with Gasteiger partial charge in [0.1, 0.15) is 11.4 Å². The molecule has 1 heterocycles. The molecule has 0 spiro atoms. The van der Waals surface area contributed by atoms with Crippen LogP contribution < -0.4 is 19.9 Å². The number of nitro benzene ring substituents is 1. The van der Waals surface area contributed by atoms with E-state index in [0.29, 0.717) is 10.8 Å². The maximum atomic E-state index is 12.4. The van der Waals surface area contributed by atoms with Gasteiger partial charge in [0.05, 0.1) is 44.3 Å². The highest BCUT2D eigenvalue weighted by molar-refractivity contribution is 6.30. The Morgan fingerprint density at radius 3 is 2.66 bits per heavy atom. The third-order valence-corrected chi connectivity index (χ3v) is 5.30. The molecule has 0 saturated carbocycles. The van der Waals surface area contributed by atoms with Crippen molar-refractivity contribution in [1.82, 2.24) is 0 Å². The van der Waals surface area contributed by atoms with Crippen molar-refractivity contribution in [3.63, 3.8) is 0 Å². The molecule has 1 amide bonds. The highest BCUT2D eigenvalue weighted by atomic mass is 35.5. The van der Waals surface area contributed by atoms with Gasteiger partial charge in [0.15, 0.2) is 6.54 Å². The van der Waals surface area contributed by atoms with Gasteiger partial charge in [0.25, 0.3) is 11.6 Å². The number of anilines is 2. The van der Waals surface area contributed by atoms with Crippen molar-refractivity contribution in [2.24, 2.45) is 0 Å². The number of nitrogens with one attached hydrogen (secondary N) is 2. The lowest BCUT2D eigenvalue weighted by molar-refractivity contribution is -0.892. The van der Waals surface area contributed by atoms with Crippen molar-refractivity contribution in [1.29, 1.82) is 0 Å². The van der Waals surface area contributed by atoms with Crippen LogP contribution in [0.2, 0.25) is 5.02 Å². The number of halogens is 1. The molecule has 2 N–H and O–H groups in total. The number of amides is 1. The number of piperazine rings is 1.